The number of rotatable bonds is 8. The summed E-state index contributed by atoms with van der Waals surface area (Å²) >= 11 is 0. The number of amides is 1. The Morgan fingerprint density at radius 3 is 2.14 bits per heavy atom. The van der Waals surface area contributed by atoms with E-state index in [0.717, 1.165) is 18.4 Å². The average molecular weight is 325 g/mol. The molecular weight excluding hydrogens is 302 g/mol. The Hall–Kier alpha value is -1.44. The van der Waals surface area contributed by atoms with E-state index in [1.807, 2.05) is 13.8 Å². The van der Waals surface area contributed by atoms with Gasteiger partial charge in [-0.1, -0.05) is 26.0 Å². The van der Waals surface area contributed by atoms with Crippen LogP contribution < -0.4 is 5.73 Å². The molecule has 0 aliphatic heterocycles. The van der Waals surface area contributed by atoms with Gasteiger partial charge in [0.05, 0.1) is 0 Å². The molecule has 0 unspecified atom stereocenters. The van der Waals surface area contributed by atoms with Gasteiger partial charge in [-0.2, -0.15) is 17.0 Å². The van der Waals surface area contributed by atoms with Crippen LogP contribution in [0.1, 0.15) is 42.6 Å². The molecule has 0 saturated heterocycles. The van der Waals surface area contributed by atoms with E-state index in [-0.39, 0.29) is 6.04 Å². The lowest BCUT2D eigenvalue weighted by Crippen LogP contribution is -2.44. The number of nitrogens with zero attached hydrogens (tertiary/aromatic N) is 2. The van der Waals surface area contributed by atoms with Gasteiger partial charge in [-0.05, 0) is 30.5 Å². The maximum atomic E-state index is 12.7. The van der Waals surface area contributed by atoms with Crippen molar-refractivity contribution in [1.29, 1.82) is 0 Å². The van der Waals surface area contributed by atoms with E-state index in [9.17, 15) is 13.2 Å². The van der Waals surface area contributed by atoms with Crippen molar-refractivity contribution in [3.63, 3.8) is 0 Å². The predicted molar refractivity (Wildman–Crippen MR) is 85.4 cm³/mol. The summed E-state index contributed by atoms with van der Waals surface area (Å²) in [5.74, 6) is -0.485. The van der Waals surface area contributed by atoms with Crippen molar-refractivity contribution in [3.8, 4) is 0 Å². The number of carbonyl (C=O) groups is 1. The van der Waals surface area contributed by atoms with Crippen molar-refractivity contribution in [2.45, 2.75) is 39.3 Å². The van der Waals surface area contributed by atoms with Gasteiger partial charge in [0.15, 0.2) is 0 Å². The van der Waals surface area contributed by atoms with Gasteiger partial charge in [-0.3, -0.25) is 4.79 Å². The highest BCUT2D eigenvalue weighted by Gasteiger charge is 2.39. The smallest absolute Gasteiger partial charge is 0.282 e. The standard InChI is InChI=1S/C15H23N3O3S/c1-3-17(4-2)22(20,21)18(14-9-10-14)11-12-5-7-13(8-6-12)15(16)19/h5-8,14H,3-4,9-11H2,1-2H3,(H2,16,19). The van der Waals surface area contributed by atoms with Crippen LogP contribution >= 0.6 is 0 Å². The minimum Gasteiger partial charge on any atom is -0.366 e. The van der Waals surface area contributed by atoms with Crippen LogP contribution in [0.25, 0.3) is 0 Å². The highest BCUT2D eigenvalue weighted by Crippen LogP contribution is 2.32. The number of hydrogen-bond donors (Lipinski definition) is 1. The summed E-state index contributed by atoms with van der Waals surface area (Å²) in [7, 11) is -3.45. The number of carbonyl (C=O) groups excluding carboxylic acids is 1. The molecule has 0 atom stereocenters. The third kappa shape index (κ3) is 3.66. The number of primary amides is 1. The van der Waals surface area contributed by atoms with Gasteiger partial charge >= 0.3 is 0 Å². The summed E-state index contributed by atoms with van der Waals surface area (Å²) in [5, 5.41) is 0. The summed E-state index contributed by atoms with van der Waals surface area (Å²) in [4.78, 5) is 11.1. The first-order valence-electron chi connectivity index (χ1n) is 7.55. The lowest BCUT2D eigenvalue weighted by atomic mass is 10.1. The van der Waals surface area contributed by atoms with Crippen LogP contribution in [0, 0.1) is 0 Å². The van der Waals surface area contributed by atoms with Crippen LogP contribution in [-0.4, -0.2) is 42.1 Å². The highest BCUT2D eigenvalue weighted by molar-refractivity contribution is 7.86. The van der Waals surface area contributed by atoms with Crippen molar-refractivity contribution in [2.24, 2.45) is 5.73 Å². The zero-order chi connectivity index (χ0) is 16.3. The molecule has 1 aromatic carbocycles. The molecule has 0 radical (unpaired) electrons. The second kappa shape index (κ2) is 6.76. The summed E-state index contributed by atoms with van der Waals surface area (Å²) in [6.45, 7) is 4.93. The lowest BCUT2D eigenvalue weighted by molar-refractivity contribution is 0.1000. The van der Waals surface area contributed by atoms with Crippen molar-refractivity contribution in [2.75, 3.05) is 13.1 Å². The zero-order valence-electron chi connectivity index (χ0n) is 13.0. The molecule has 0 heterocycles. The molecule has 0 bridgehead atoms. The molecule has 122 valence electrons. The van der Waals surface area contributed by atoms with E-state index in [2.05, 4.69) is 0 Å². The molecule has 1 aromatic rings. The highest BCUT2D eigenvalue weighted by atomic mass is 32.2. The third-order valence-electron chi connectivity index (χ3n) is 3.86. The molecule has 1 fully saturated rings. The Morgan fingerprint density at radius 2 is 1.73 bits per heavy atom. The number of benzene rings is 1. The maximum absolute atomic E-state index is 12.7. The molecule has 22 heavy (non-hydrogen) atoms. The Balaban J connectivity index is 2.20. The van der Waals surface area contributed by atoms with Crippen LogP contribution in [0.5, 0.6) is 0 Å². The number of hydrogen-bond acceptors (Lipinski definition) is 3. The molecule has 1 amide bonds. The molecular formula is C15H23N3O3S. The first kappa shape index (κ1) is 16.9. The van der Waals surface area contributed by atoms with E-state index >= 15 is 0 Å². The predicted octanol–water partition coefficient (Wildman–Crippen LogP) is 1.34. The monoisotopic (exact) mass is 325 g/mol. The zero-order valence-corrected chi connectivity index (χ0v) is 13.8. The fourth-order valence-corrected chi connectivity index (χ4v) is 4.26. The van der Waals surface area contributed by atoms with Crippen LogP contribution in [0.3, 0.4) is 0 Å². The molecule has 1 aliphatic carbocycles. The largest absolute Gasteiger partial charge is 0.366 e. The van der Waals surface area contributed by atoms with Gasteiger partial charge in [0.1, 0.15) is 0 Å². The van der Waals surface area contributed by atoms with Crippen molar-refractivity contribution in [1.82, 2.24) is 8.61 Å². The molecule has 1 saturated carbocycles. The molecule has 7 heteroatoms. The maximum Gasteiger partial charge on any atom is 0.282 e. The van der Waals surface area contributed by atoms with Gasteiger partial charge in [-0.15, -0.1) is 0 Å². The summed E-state index contributed by atoms with van der Waals surface area (Å²) in [6.07, 6.45) is 1.81. The fourth-order valence-electron chi connectivity index (χ4n) is 2.41. The molecule has 0 spiro atoms. The Kier molecular flexibility index (Phi) is 5.20. The van der Waals surface area contributed by atoms with Crippen molar-refractivity contribution >= 4 is 16.1 Å². The van der Waals surface area contributed by atoms with E-state index in [1.54, 1.807) is 28.6 Å². The average Bonchev–Trinajstić information content (AvgIpc) is 3.30. The van der Waals surface area contributed by atoms with Gasteiger partial charge < -0.3 is 5.73 Å². The fraction of sp³-hybridized carbons (Fsp3) is 0.533. The minimum absolute atomic E-state index is 0.0846. The first-order chi connectivity index (χ1) is 10.4. The molecule has 0 aromatic heterocycles. The van der Waals surface area contributed by atoms with Gasteiger partial charge in [0.25, 0.3) is 10.2 Å². The normalized spacial score (nSPS) is 15.5. The first-order valence-corrected chi connectivity index (χ1v) is 8.95. The summed E-state index contributed by atoms with van der Waals surface area (Å²) in [5.41, 5.74) is 6.50. The Morgan fingerprint density at radius 1 is 1.18 bits per heavy atom. The Labute approximate surface area is 132 Å². The summed E-state index contributed by atoms with van der Waals surface area (Å²) < 4.78 is 28.5. The Bertz CT molecular complexity index is 620. The molecule has 1 aliphatic rings. The van der Waals surface area contributed by atoms with E-state index in [1.165, 1.54) is 4.31 Å². The van der Waals surface area contributed by atoms with Gasteiger partial charge in [0.2, 0.25) is 5.91 Å². The van der Waals surface area contributed by atoms with Crippen LogP contribution in [0.4, 0.5) is 0 Å². The van der Waals surface area contributed by atoms with Crippen molar-refractivity contribution in [3.05, 3.63) is 35.4 Å². The van der Waals surface area contributed by atoms with E-state index < -0.39 is 16.1 Å². The quantitative estimate of drug-likeness (QED) is 0.783. The summed E-state index contributed by atoms with van der Waals surface area (Å²) in [6, 6.07) is 6.86. The van der Waals surface area contributed by atoms with Crippen LogP contribution in [-0.2, 0) is 16.8 Å². The lowest BCUT2D eigenvalue weighted by Gasteiger charge is -2.28. The van der Waals surface area contributed by atoms with Crippen LogP contribution in [0.15, 0.2) is 24.3 Å². The van der Waals surface area contributed by atoms with Gasteiger partial charge in [-0.25, -0.2) is 0 Å². The van der Waals surface area contributed by atoms with Crippen LogP contribution in [0.2, 0.25) is 0 Å². The van der Waals surface area contributed by atoms with E-state index in [0.29, 0.717) is 25.2 Å². The topological polar surface area (TPSA) is 83.7 Å². The number of nitrogens with two attached hydrogens (primary N) is 1. The van der Waals surface area contributed by atoms with E-state index in [4.69, 9.17) is 5.73 Å². The molecule has 2 rings (SSSR count). The second-order valence-electron chi connectivity index (χ2n) is 5.43. The molecule has 2 N–H and O–H groups in total. The van der Waals surface area contributed by atoms with Gasteiger partial charge in [0, 0.05) is 31.2 Å². The SMILES string of the molecule is CCN(CC)S(=O)(=O)N(Cc1ccc(C(N)=O)cc1)C1CC1. The molecule has 6 nitrogen and oxygen atoms in total. The minimum atomic E-state index is -3.45. The third-order valence-corrected chi connectivity index (χ3v) is 6.05. The van der Waals surface area contributed by atoms with Crippen molar-refractivity contribution < 1.29 is 13.2 Å². The second-order valence-corrected chi connectivity index (χ2v) is 7.31.